The van der Waals surface area contributed by atoms with Crippen LogP contribution >= 0.6 is 15.9 Å². The normalized spacial score (nSPS) is 18.4. The molecule has 1 fully saturated rings. The number of aromatic amines is 1. The van der Waals surface area contributed by atoms with Crippen molar-refractivity contribution in [2.24, 2.45) is 5.92 Å². The van der Waals surface area contributed by atoms with E-state index in [1.165, 1.54) is 10.4 Å². The number of fused-ring (bicyclic) bond motifs is 1. The first-order valence-corrected chi connectivity index (χ1v) is 12.0. The van der Waals surface area contributed by atoms with Crippen molar-refractivity contribution in [2.75, 3.05) is 13.1 Å². The third-order valence-electron chi connectivity index (χ3n) is 5.52. The molecule has 29 heavy (non-hydrogen) atoms. The van der Waals surface area contributed by atoms with E-state index in [1.807, 2.05) is 13.0 Å². The Morgan fingerprint density at radius 2 is 1.97 bits per heavy atom. The fraction of sp³-hybridized carbons (Fsp3) is 0.381. The van der Waals surface area contributed by atoms with E-state index in [0.29, 0.717) is 28.0 Å². The largest absolute Gasteiger partial charge is 0.326 e. The number of nitrogens with one attached hydrogen (secondary N) is 1. The van der Waals surface area contributed by atoms with E-state index in [9.17, 15) is 13.2 Å². The molecule has 1 aromatic carbocycles. The summed E-state index contributed by atoms with van der Waals surface area (Å²) in [6.07, 6.45) is 3.84. The zero-order valence-corrected chi connectivity index (χ0v) is 18.9. The molecule has 2 aromatic heterocycles. The summed E-state index contributed by atoms with van der Waals surface area (Å²) in [4.78, 5) is 17.7. The summed E-state index contributed by atoms with van der Waals surface area (Å²) in [6.45, 7) is 6.45. The molecule has 3 aromatic rings. The van der Waals surface area contributed by atoms with Crippen LogP contribution in [0.2, 0.25) is 0 Å². The van der Waals surface area contributed by atoms with Gasteiger partial charge in [-0.3, -0.25) is 9.69 Å². The molecule has 0 radical (unpaired) electrons. The van der Waals surface area contributed by atoms with Crippen molar-refractivity contribution in [3.63, 3.8) is 0 Å². The molecule has 1 aliphatic heterocycles. The van der Waals surface area contributed by atoms with Crippen molar-refractivity contribution >= 4 is 36.9 Å². The summed E-state index contributed by atoms with van der Waals surface area (Å²) in [5.74, 6) is 0.574. The molecule has 1 aliphatic rings. The van der Waals surface area contributed by atoms with Crippen LogP contribution in [0.1, 0.15) is 31.0 Å². The number of nitrogens with zero attached hydrogens (tertiary/aromatic N) is 2. The molecule has 8 heteroatoms. The number of rotatable bonds is 4. The van der Waals surface area contributed by atoms with Crippen molar-refractivity contribution in [2.45, 2.75) is 38.1 Å². The number of likely N-dealkylation sites (tertiary alicyclic amines) is 1. The molecule has 6 nitrogen and oxygen atoms in total. The minimum atomic E-state index is -3.92. The van der Waals surface area contributed by atoms with Gasteiger partial charge in [0.15, 0.2) is 0 Å². The molecule has 154 valence electrons. The van der Waals surface area contributed by atoms with Gasteiger partial charge in [-0.1, -0.05) is 24.6 Å². The van der Waals surface area contributed by atoms with E-state index in [2.05, 4.69) is 32.7 Å². The molecule has 0 saturated carbocycles. The molecular formula is C21H24BrN3O3S. The number of pyridine rings is 1. The maximum atomic E-state index is 13.6. The fourth-order valence-electron chi connectivity index (χ4n) is 4.08. The highest BCUT2D eigenvalue weighted by Gasteiger charge is 2.27. The van der Waals surface area contributed by atoms with Gasteiger partial charge in [-0.05, 0) is 66.4 Å². The quantitative estimate of drug-likeness (QED) is 0.618. The van der Waals surface area contributed by atoms with E-state index in [0.717, 1.165) is 25.1 Å². The molecular weight excluding hydrogens is 454 g/mol. The van der Waals surface area contributed by atoms with Gasteiger partial charge >= 0.3 is 0 Å². The predicted molar refractivity (Wildman–Crippen MR) is 118 cm³/mol. The number of halogens is 1. The lowest BCUT2D eigenvalue weighted by Gasteiger charge is -2.30. The second-order valence-corrected chi connectivity index (χ2v) is 10.6. The first-order chi connectivity index (χ1) is 13.8. The van der Waals surface area contributed by atoms with Gasteiger partial charge in [-0.2, -0.15) is 0 Å². The highest BCUT2D eigenvalue weighted by Crippen LogP contribution is 2.30. The van der Waals surface area contributed by atoms with Gasteiger partial charge in [0.1, 0.15) is 5.52 Å². The summed E-state index contributed by atoms with van der Waals surface area (Å²) in [5, 5.41) is 0.601. The van der Waals surface area contributed by atoms with Gasteiger partial charge in [0.25, 0.3) is 15.6 Å². The first kappa shape index (κ1) is 20.4. The highest BCUT2D eigenvalue weighted by atomic mass is 79.9. The zero-order chi connectivity index (χ0) is 20.8. The highest BCUT2D eigenvalue weighted by molar-refractivity contribution is 9.10. The molecule has 1 N–H and O–H groups in total. The standard InChI is InChI=1S/C21H24BrN3O3S/c1-14-5-7-17(8-6-14)29(27,28)25-16(13-24-9-3-4-15(2)12-24)10-18-19(22)11-23-21(26)20(18)25/h5-8,10-11,15H,3-4,9,12-13H2,1-2H3,(H,23,26). The Hall–Kier alpha value is -1.90. The van der Waals surface area contributed by atoms with Gasteiger partial charge in [0.2, 0.25) is 0 Å². The van der Waals surface area contributed by atoms with Crippen LogP contribution < -0.4 is 5.56 Å². The Morgan fingerprint density at radius 3 is 2.66 bits per heavy atom. The summed E-state index contributed by atoms with van der Waals surface area (Å²) in [6, 6.07) is 8.54. The van der Waals surface area contributed by atoms with E-state index >= 15 is 0 Å². The molecule has 3 heterocycles. The fourth-order valence-corrected chi connectivity index (χ4v) is 6.03. The Balaban J connectivity index is 1.92. The number of aromatic nitrogens is 2. The van der Waals surface area contributed by atoms with Gasteiger partial charge < -0.3 is 4.98 Å². The minimum Gasteiger partial charge on any atom is -0.326 e. The third-order valence-corrected chi connectivity index (χ3v) is 7.94. The van der Waals surface area contributed by atoms with Crippen LogP contribution in [0.3, 0.4) is 0 Å². The second kappa shape index (κ2) is 7.74. The number of hydrogen-bond acceptors (Lipinski definition) is 4. The average molecular weight is 478 g/mol. The van der Waals surface area contributed by atoms with Crippen molar-refractivity contribution in [3.8, 4) is 0 Å². The maximum Gasteiger partial charge on any atom is 0.273 e. The Morgan fingerprint density at radius 1 is 1.24 bits per heavy atom. The molecule has 0 spiro atoms. The van der Waals surface area contributed by atoms with Crippen molar-refractivity contribution < 1.29 is 8.42 Å². The van der Waals surface area contributed by atoms with Crippen LogP contribution in [-0.4, -0.2) is 35.4 Å². The number of aryl methyl sites for hydroxylation is 1. The van der Waals surface area contributed by atoms with Crippen LogP contribution in [-0.2, 0) is 16.6 Å². The topological polar surface area (TPSA) is 75.2 Å². The van der Waals surface area contributed by atoms with Gasteiger partial charge in [0.05, 0.1) is 4.90 Å². The lowest BCUT2D eigenvalue weighted by atomic mass is 10.0. The monoisotopic (exact) mass is 477 g/mol. The van der Waals surface area contributed by atoms with Crippen LogP contribution in [0.5, 0.6) is 0 Å². The van der Waals surface area contributed by atoms with Gasteiger partial charge in [-0.25, -0.2) is 12.4 Å². The van der Waals surface area contributed by atoms with Crippen molar-refractivity contribution in [1.82, 2.24) is 13.9 Å². The number of hydrogen-bond donors (Lipinski definition) is 1. The van der Waals surface area contributed by atoms with Crippen LogP contribution in [0, 0.1) is 12.8 Å². The van der Waals surface area contributed by atoms with Crippen LogP contribution in [0.15, 0.2) is 50.7 Å². The third kappa shape index (κ3) is 3.81. The smallest absolute Gasteiger partial charge is 0.273 e. The predicted octanol–water partition coefficient (Wildman–Crippen LogP) is 3.87. The van der Waals surface area contributed by atoms with E-state index in [4.69, 9.17) is 0 Å². The minimum absolute atomic E-state index is 0.153. The Labute approximate surface area is 178 Å². The van der Waals surface area contributed by atoms with Crippen molar-refractivity contribution in [1.29, 1.82) is 0 Å². The lowest BCUT2D eigenvalue weighted by Crippen LogP contribution is -2.35. The summed E-state index contributed by atoms with van der Waals surface area (Å²) < 4.78 is 29.1. The number of H-pyrrole nitrogens is 1. The Bertz CT molecular complexity index is 1210. The van der Waals surface area contributed by atoms with Gasteiger partial charge in [-0.15, -0.1) is 0 Å². The Kier molecular flexibility index (Phi) is 5.44. The number of piperidine rings is 1. The summed E-state index contributed by atoms with van der Waals surface area (Å²) >= 11 is 3.45. The average Bonchev–Trinajstić information content (AvgIpc) is 3.06. The summed E-state index contributed by atoms with van der Waals surface area (Å²) in [5.41, 5.74) is 1.31. The zero-order valence-electron chi connectivity index (χ0n) is 16.5. The number of benzene rings is 1. The van der Waals surface area contributed by atoms with E-state index < -0.39 is 15.6 Å². The molecule has 1 atom stereocenters. The van der Waals surface area contributed by atoms with E-state index in [-0.39, 0.29) is 10.4 Å². The van der Waals surface area contributed by atoms with E-state index in [1.54, 1.807) is 30.5 Å². The molecule has 1 unspecified atom stereocenters. The molecule has 1 saturated heterocycles. The molecule has 0 aliphatic carbocycles. The molecule has 0 amide bonds. The SMILES string of the molecule is Cc1ccc(S(=O)(=O)n2c(CN3CCCC(C)C3)cc3c(Br)c[nH]c(=O)c32)cc1. The lowest BCUT2D eigenvalue weighted by molar-refractivity contribution is 0.174. The van der Waals surface area contributed by atoms with Gasteiger partial charge in [0, 0.05) is 34.8 Å². The molecule has 0 bridgehead atoms. The second-order valence-electron chi connectivity index (χ2n) is 7.93. The molecule has 4 rings (SSSR count). The summed E-state index contributed by atoms with van der Waals surface area (Å²) in [7, 11) is -3.92. The van der Waals surface area contributed by atoms with Crippen LogP contribution in [0.4, 0.5) is 0 Å². The van der Waals surface area contributed by atoms with Crippen molar-refractivity contribution in [3.05, 3.63) is 62.6 Å². The van der Waals surface area contributed by atoms with Crippen LogP contribution in [0.25, 0.3) is 10.9 Å². The maximum absolute atomic E-state index is 13.6. The first-order valence-electron chi connectivity index (χ1n) is 9.73.